The molecular formula is C25H23N5O2. The van der Waals surface area contributed by atoms with Crippen LogP contribution < -0.4 is 10.6 Å². The van der Waals surface area contributed by atoms with Crippen LogP contribution in [0.25, 0.3) is 11.4 Å². The number of carbonyl (C=O) groups excluding carboxylic acids is 1. The fraction of sp³-hybridized carbons (Fsp3) is 0.160. The second kappa shape index (κ2) is 7.85. The molecule has 5 rings (SSSR count). The van der Waals surface area contributed by atoms with E-state index in [4.69, 9.17) is 14.5 Å². The molecule has 2 N–H and O–H groups in total. The van der Waals surface area contributed by atoms with E-state index in [2.05, 4.69) is 10.6 Å². The van der Waals surface area contributed by atoms with Gasteiger partial charge in [-0.1, -0.05) is 48.0 Å². The van der Waals surface area contributed by atoms with Crippen molar-refractivity contribution in [1.29, 1.82) is 0 Å². The van der Waals surface area contributed by atoms with Gasteiger partial charge in [0.25, 0.3) is 5.91 Å². The average molecular weight is 425 g/mol. The first-order chi connectivity index (χ1) is 15.5. The summed E-state index contributed by atoms with van der Waals surface area (Å²) in [5, 5.41) is 11.0. The van der Waals surface area contributed by atoms with Crippen molar-refractivity contribution in [3.63, 3.8) is 0 Å². The molecule has 0 saturated carbocycles. The van der Waals surface area contributed by atoms with E-state index < -0.39 is 6.04 Å². The number of carbonyl (C=O) groups is 1. The molecule has 7 nitrogen and oxygen atoms in total. The Kier molecular flexibility index (Phi) is 4.86. The molecular weight excluding hydrogens is 402 g/mol. The normalized spacial score (nSPS) is 15.3. The molecule has 0 bridgehead atoms. The Morgan fingerprint density at radius 3 is 2.44 bits per heavy atom. The van der Waals surface area contributed by atoms with Crippen molar-refractivity contribution in [1.82, 2.24) is 14.8 Å². The molecule has 32 heavy (non-hydrogen) atoms. The van der Waals surface area contributed by atoms with E-state index in [9.17, 15) is 4.79 Å². The summed E-state index contributed by atoms with van der Waals surface area (Å²) in [5.74, 6) is 2.31. The number of rotatable bonds is 4. The summed E-state index contributed by atoms with van der Waals surface area (Å²) < 4.78 is 7.68. The highest BCUT2D eigenvalue weighted by Gasteiger charge is 2.36. The average Bonchev–Trinajstić information content (AvgIpc) is 3.40. The van der Waals surface area contributed by atoms with Crippen LogP contribution in [0.3, 0.4) is 0 Å². The minimum atomic E-state index is -0.546. The smallest absolute Gasteiger partial charge is 0.256 e. The number of aryl methyl sites for hydroxylation is 2. The lowest BCUT2D eigenvalue weighted by Gasteiger charge is -2.27. The summed E-state index contributed by atoms with van der Waals surface area (Å²) in [7, 11) is 0. The molecule has 1 amide bonds. The Morgan fingerprint density at radius 1 is 1.00 bits per heavy atom. The first-order valence-corrected chi connectivity index (χ1v) is 10.4. The summed E-state index contributed by atoms with van der Waals surface area (Å²) in [4.78, 5) is 18.1. The molecule has 1 aliphatic rings. The Bertz CT molecular complexity index is 1320. The summed E-state index contributed by atoms with van der Waals surface area (Å²) in [6, 6.07) is 20.6. The van der Waals surface area contributed by atoms with Gasteiger partial charge in [0.1, 0.15) is 17.6 Å². The standard InChI is InChI=1S/C25H23N5O2/c1-15-9-12-18(13-10-15)23-28-25-26-17(3)21(24(31)27-19-7-5-4-6-8-19)22(30(25)29-23)20-14-11-16(2)32-20/h4-14,22H,1-3H3,(H,27,31)(H,26,28,29). The predicted molar refractivity (Wildman–Crippen MR) is 123 cm³/mol. The van der Waals surface area contributed by atoms with Gasteiger partial charge >= 0.3 is 0 Å². The Labute approximate surface area is 185 Å². The second-order valence-corrected chi connectivity index (χ2v) is 7.90. The van der Waals surface area contributed by atoms with Crippen molar-refractivity contribution in [3.05, 3.63) is 95.1 Å². The number of anilines is 2. The molecule has 0 saturated heterocycles. The number of hydrogen-bond acceptors (Lipinski definition) is 5. The molecule has 1 unspecified atom stereocenters. The molecule has 0 radical (unpaired) electrons. The van der Waals surface area contributed by atoms with E-state index >= 15 is 0 Å². The van der Waals surface area contributed by atoms with Gasteiger partial charge in [-0.3, -0.25) is 4.79 Å². The van der Waals surface area contributed by atoms with Crippen LogP contribution in [0, 0.1) is 13.8 Å². The number of para-hydroxylation sites is 1. The van der Waals surface area contributed by atoms with E-state index in [1.165, 1.54) is 0 Å². The number of amides is 1. The van der Waals surface area contributed by atoms with Gasteiger partial charge in [-0.15, -0.1) is 5.10 Å². The fourth-order valence-electron chi connectivity index (χ4n) is 3.85. The molecule has 4 aromatic rings. The zero-order valence-electron chi connectivity index (χ0n) is 18.1. The molecule has 7 heteroatoms. The van der Waals surface area contributed by atoms with Gasteiger partial charge in [0, 0.05) is 16.9 Å². The highest BCUT2D eigenvalue weighted by Crippen LogP contribution is 2.37. The minimum Gasteiger partial charge on any atom is -0.464 e. The third-order valence-corrected chi connectivity index (χ3v) is 5.47. The summed E-state index contributed by atoms with van der Waals surface area (Å²) in [5.41, 5.74) is 4.01. The monoisotopic (exact) mass is 425 g/mol. The van der Waals surface area contributed by atoms with E-state index in [-0.39, 0.29) is 5.91 Å². The van der Waals surface area contributed by atoms with Gasteiger partial charge in [0.2, 0.25) is 5.95 Å². The zero-order chi connectivity index (χ0) is 22.2. The van der Waals surface area contributed by atoms with E-state index in [1.54, 1.807) is 4.68 Å². The van der Waals surface area contributed by atoms with Crippen LogP contribution >= 0.6 is 0 Å². The highest BCUT2D eigenvalue weighted by atomic mass is 16.3. The number of nitrogens with one attached hydrogen (secondary N) is 2. The maximum atomic E-state index is 13.4. The second-order valence-electron chi connectivity index (χ2n) is 7.90. The van der Waals surface area contributed by atoms with Crippen molar-refractivity contribution < 1.29 is 9.21 Å². The van der Waals surface area contributed by atoms with Crippen LogP contribution in [-0.2, 0) is 4.79 Å². The van der Waals surface area contributed by atoms with Crippen molar-refractivity contribution >= 4 is 17.5 Å². The third-order valence-electron chi connectivity index (χ3n) is 5.47. The quantitative estimate of drug-likeness (QED) is 0.476. The van der Waals surface area contributed by atoms with Gasteiger partial charge in [-0.05, 0) is 45.0 Å². The number of fused-ring (bicyclic) bond motifs is 1. The van der Waals surface area contributed by atoms with Crippen molar-refractivity contribution in [2.45, 2.75) is 26.8 Å². The largest absolute Gasteiger partial charge is 0.464 e. The van der Waals surface area contributed by atoms with Crippen LogP contribution in [0.1, 0.15) is 30.0 Å². The number of furan rings is 1. The third kappa shape index (κ3) is 3.58. The maximum Gasteiger partial charge on any atom is 0.256 e. The number of allylic oxidation sites excluding steroid dienone is 1. The van der Waals surface area contributed by atoms with Gasteiger partial charge < -0.3 is 15.1 Å². The summed E-state index contributed by atoms with van der Waals surface area (Å²) >= 11 is 0. The van der Waals surface area contributed by atoms with Gasteiger partial charge in [-0.2, -0.15) is 4.98 Å². The first kappa shape index (κ1) is 19.8. The lowest BCUT2D eigenvalue weighted by Crippen LogP contribution is -2.31. The Hall–Kier alpha value is -4.13. The number of nitrogens with zero attached hydrogens (tertiary/aromatic N) is 3. The van der Waals surface area contributed by atoms with E-state index in [0.29, 0.717) is 28.8 Å². The number of aromatic nitrogens is 3. The van der Waals surface area contributed by atoms with Crippen molar-refractivity contribution in [2.24, 2.45) is 0 Å². The van der Waals surface area contributed by atoms with E-state index in [0.717, 1.165) is 22.6 Å². The summed E-state index contributed by atoms with van der Waals surface area (Å²) in [6.45, 7) is 5.79. The highest BCUT2D eigenvalue weighted by molar-refractivity contribution is 6.05. The van der Waals surface area contributed by atoms with Crippen LogP contribution in [0.4, 0.5) is 11.6 Å². The lowest BCUT2D eigenvalue weighted by atomic mass is 10.00. The van der Waals surface area contributed by atoms with Crippen LogP contribution in [-0.4, -0.2) is 20.7 Å². The van der Waals surface area contributed by atoms with Crippen molar-refractivity contribution in [2.75, 3.05) is 10.6 Å². The van der Waals surface area contributed by atoms with Crippen molar-refractivity contribution in [3.8, 4) is 11.4 Å². The predicted octanol–water partition coefficient (Wildman–Crippen LogP) is 5.08. The molecule has 2 aromatic heterocycles. The summed E-state index contributed by atoms with van der Waals surface area (Å²) in [6.07, 6.45) is 0. The van der Waals surface area contributed by atoms with Gasteiger partial charge in [0.05, 0.1) is 5.57 Å². The number of benzene rings is 2. The van der Waals surface area contributed by atoms with E-state index in [1.807, 2.05) is 87.5 Å². The molecule has 1 atom stereocenters. The SMILES string of the molecule is CC1=C(C(=O)Nc2ccccc2)C(c2ccc(C)o2)n2nc(-c3ccc(C)cc3)nc2N1. The topological polar surface area (TPSA) is 85.0 Å². The maximum absolute atomic E-state index is 13.4. The van der Waals surface area contributed by atoms with Gasteiger partial charge in [-0.25, -0.2) is 4.68 Å². The molecule has 0 aliphatic carbocycles. The zero-order valence-corrected chi connectivity index (χ0v) is 18.1. The Balaban J connectivity index is 1.59. The molecule has 1 aliphatic heterocycles. The first-order valence-electron chi connectivity index (χ1n) is 10.4. The number of hydrogen-bond donors (Lipinski definition) is 2. The van der Waals surface area contributed by atoms with Crippen LogP contribution in [0.2, 0.25) is 0 Å². The minimum absolute atomic E-state index is 0.224. The molecule has 0 spiro atoms. The lowest BCUT2D eigenvalue weighted by molar-refractivity contribution is -0.113. The van der Waals surface area contributed by atoms with Crippen LogP contribution in [0.5, 0.6) is 0 Å². The van der Waals surface area contributed by atoms with Crippen LogP contribution in [0.15, 0.2) is 82.4 Å². The molecule has 2 aromatic carbocycles. The molecule has 160 valence electrons. The molecule has 0 fully saturated rings. The fourth-order valence-corrected chi connectivity index (χ4v) is 3.85. The van der Waals surface area contributed by atoms with Gasteiger partial charge in [0.15, 0.2) is 5.82 Å². The Morgan fingerprint density at radius 2 is 1.75 bits per heavy atom. The molecule has 3 heterocycles.